The zero-order valence-corrected chi connectivity index (χ0v) is 15.5. The van der Waals surface area contributed by atoms with E-state index in [0.717, 1.165) is 25.3 Å². The summed E-state index contributed by atoms with van der Waals surface area (Å²) in [6.45, 7) is 4.89. The van der Waals surface area contributed by atoms with E-state index in [2.05, 4.69) is 27.2 Å². The van der Waals surface area contributed by atoms with Crippen LogP contribution in [0.5, 0.6) is 5.75 Å². The second-order valence-electron chi connectivity index (χ2n) is 6.64. The first kappa shape index (κ1) is 18.1. The van der Waals surface area contributed by atoms with Crippen molar-refractivity contribution >= 4 is 5.69 Å². The SMILES string of the molecule is CCOc1ccc2c(c1)CN(Cc1nc(-c3ccc([N+](=O)[O-])cc3)no1)CC2. The molecular formula is C20H20N4O4. The molecule has 0 amide bonds. The van der Waals surface area contributed by atoms with Gasteiger partial charge in [-0.1, -0.05) is 11.2 Å². The number of hydrogen-bond donors (Lipinski definition) is 0. The molecule has 0 atom stereocenters. The molecule has 0 aliphatic carbocycles. The first-order valence-corrected chi connectivity index (χ1v) is 9.16. The summed E-state index contributed by atoms with van der Waals surface area (Å²) in [5.41, 5.74) is 3.32. The Morgan fingerprint density at radius 2 is 2.04 bits per heavy atom. The molecule has 0 fully saturated rings. The van der Waals surface area contributed by atoms with Gasteiger partial charge in [0.2, 0.25) is 11.7 Å². The van der Waals surface area contributed by atoms with E-state index in [1.54, 1.807) is 12.1 Å². The lowest BCUT2D eigenvalue weighted by Crippen LogP contribution is -2.30. The summed E-state index contributed by atoms with van der Waals surface area (Å²) in [5, 5.41) is 14.8. The summed E-state index contributed by atoms with van der Waals surface area (Å²) in [7, 11) is 0. The fourth-order valence-corrected chi connectivity index (χ4v) is 3.34. The molecule has 0 bridgehead atoms. The van der Waals surface area contributed by atoms with E-state index >= 15 is 0 Å². The lowest BCUT2D eigenvalue weighted by Gasteiger charge is -2.27. The standard InChI is InChI=1S/C20H20N4O4/c1-2-27-18-8-5-14-9-10-23(12-16(14)11-18)13-19-21-20(22-28-19)15-3-6-17(7-4-15)24(25)26/h3-8,11H,2,9-10,12-13H2,1H3. The molecule has 1 aliphatic heterocycles. The monoisotopic (exact) mass is 380 g/mol. The van der Waals surface area contributed by atoms with Gasteiger partial charge in [-0.15, -0.1) is 0 Å². The van der Waals surface area contributed by atoms with Gasteiger partial charge in [0.25, 0.3) is 5.69 Å². The van der Waals surface area contributed by atoms with Crippen molar-refractivity contribution in [3.63, 3.8) is 0 Å². The number of aromatic nitrogens is 2. The van der Waals surface area contributed by atoms with Gasteiger partial charge in [-0.2, -0.15) is 4.98 Å². The van der Waals surface area contributed by atoms with E-state index in [9.17, 15) is 10.1 Å². The molecule has 4 rings (SSSR count). The summed E-state index contributed by atoms with van der Waals surface area (Å²) in [6, 6.07) is 12.4. The van der Waals surface area contributed by atoms with Gasteiger partial charge in [0, 0.05) is 30.8 Å². The third-order valence-corrected chi connectivity index (χ3v) is 4.74. The molecule has 0 spiro atoms. The minimum atomic E-state index is -0.434. The summed E-state index contributed by atoms with van der Waals surface area (Å²) in [6.07, 6.45) is 0.963. The molecule has 8 nitrogen and oxygen atoms in total. The second kappa shape index (κ2) is 7.77. The largest absolute Gasteiger partial charge is 0.494 e. The molecule has 3 aromatic rings. The number of nitro benzene ring substituents is 1. The predicted octanol–water partition coefficient (Wildman–Crippen LogP) is 3.60. The van der Waals surface area contributed by atoms with Crippen LogP contribution in [0, 0.1) is 10.1 Å². The molecule has 1 aromatic heterocycles. The van der Waals surface area contributed by atoms with Crippen LogP contribution in [0.15, 0.2) is 47.0 Å². The lowest BCUT2D eigenvalue weighted by molar-refractivity contribution is -0.384. The maximum atomic E-state index is 10.8. The number of nitro groups is 1. The second-order valence-corrected chi connectivity index (χ2v) is 6.64. The van der Waals surface area contributed by atoms with Crippen molar-refractivity contribution in [2.75, 3.05) is 13.2 Å². The van der Waals surface area contributed by atoms with Crippen molar-refractivity contribution in [2.45, 2.75) is 26.4 Å². The molecule has 0 radical (unpaired) electrons. The molecular weight excluding hydrogens is 360 g/mol. The smallest absolute Gasteiger partial charge is 0.269 e. The first-order chi connectivity index (χ1) is 13.6. The Bertz CT molecular complexity index is 984. The van der Waals surface area contributed by atoms with Crippen molar-refractivity contribution < 1.29 is 14.2 Å². The summed E-state index contributed by atoms with van der Waals surface area (Å²) < 4.78 is 11.0. The number of non-ortho nitro benzene ring substituents is 1. The molecule has 8 heteroatoms. The van der Waals surface area contributed by atoms with E-state index in [1.165, 1.54) is 23.3 Å². The highest BCUT2D eigenvalue weighted by Crippen LogP contribution is 2.25. The van der Waals surface area contributed by atoms with Gasteiger partial charge >= 0.3 is 0 Å². The zero-order chi connectivity index (χ0) is 19.5. The van der Waals surface area contributed by atoms with Gasteiger partial charge < -0.3 is 9.26 Å². The third kappa shape index (κ3) is 3.86. The Hall–Kier alpha value is -3.26. The van der Waals surface area contributed by atoms with Crippen LogP contribution in [0.4, 0.5) is 5.69 Å². The topological polar surface area (TPSA) is 94.5 Å². The van der Waals surface area contributed by atoms with Crippen LogP contribution in [0.1, 0.15) is 23.9 Å². The highest BCUT2D eigenvalue weighted by atomic mass is 16.6. The minimum Gasteiger partial charge on any atom is -0.494 e. The average Bonchev–Trinajstić information content (AvgIpc) is 3.16. The zero-order valence-electron chi connectivity index (χ0n) is 15.5. The third-order valence-electron chi connectivity index (χ3n) is 4.74. The van der Waals surface area contributed by atoms with Crippen LogP contribution in [0.3, 0.4) is 0 Å². The maximum Gasteiger partial charge on any atom is 0.269 e. The predicted molar refractivity (Wildman–Crippen MR) is 102 cm³/mol. The maximum absolute atomic E-state index is 10.8. The lowest BCUT2D eigenvalue weighted by atomic mass is 9.99. The Kier molecular flexibility index (Phi) is 5.03. The van der Waals surface area contributed by atoms with E-state index in [-0.39, 0.29) is 5.69 Å². The van der Waals surface area contributed by atoms with E-state index in [4.69, 9.17) is 9.26 Å². The van der Waals surface area contributed by atoms with Crippen LogP contribution < -0.4 is 4.74 Å². The van der Waals surface area contributed by atoms with Crippen LogP contribution in [-0.4, -0.2) is 33.1 Å². The van der Waals surface area contributed by atoms with Gasteiger partial charge in [0.15, 0.2) is 0 Å². The molecule has 0 saturated heterocycles. The quantitative estimate of drug-likeness (QED) is 0.476. The van der Waals surface area contributed by atoms with Gasteiger partial charge in [0.1, 0.15) is 5.75 Å². The number of fused-ring (bicyclic) bond motifs is 1. The first-order valence-electron chi connectivity index (χ1n) is 9.16. The number of nitrogens with zero attached hydrogens (tertiary/aromatic N) is 4. The Balaban J connectivity index is 1.44. The molecule has 2 heterocycles. The van der Waals surface area contributed by atoms with E-state index in [1.807, 2.05) is 13.0 Å². The van der Waals surface area contributed by atoms with E-state index < -0.39 is 4.92 Å². The van der Waals surface area contributed by atoms with Crippen LogP contribution >= 0.6 is 0 Å². The number of hydrogen-bond acceptors (Lipinski definition) is 7. The highest BCUT2D eigenvalue weighted by molar-refractivity contribution is 5.56. The molecule has 2 aromatic carbocycles. The van der Waals surface area contributed by atoms with Crippen molar-refractivity contribution in [1.82, 2.24) is 15.0 Å². The summed E-state index contributed by atoms with van der Waals surface area (Å²) in [4.78, 5) is 17.0. The fourth-order valence-electron chi connectivity index (χ4n) is 3.34. The number of ether oxygens (including phenoxy) is 1. The van der Waals surface area contributed by atoms with Crippen molar-refractivity contribution in [3.8, 4) is 17.1 Å². The Morgan fingerprint density at radius 1 is 1.21 bits per heavy atom. The Labute approximate surface area is 161 Å². The summed E-state index contributed by atoms with van der Waals surface area (Å²) in [5.74, 6) is 1.85. The molecule has 0 unspecified atom stereocenters. The van der Waals surface area contributed by atoms with Gasteiger partial charge in [-0.25, -0.2) is 0 Å². The normalized spacial score (nSPS) is 13.9. The van der Waals surface area contributed by atoms with Gasteiger partial charge in [-0.05, 0) is 48.7 Å². The fraction of sp³-hybridized carbons (Fsp3) is 0.300. The van der Waals surface area contributed by atoms with Crippen LogP contribution in [0.2, 0.25) is 0 Å². The molecule has 28 heavy (non-hydrogen) atoms. The van der Waals surface area contributed by atoms with Crippen LogP contribution in [0.25, 0.3) is 11.4 Å². The number of benzene rings is 2. The minimum absolute atomic E-state index is 0.0332. The average molecular weight is 380 g/mol. The van der Waals surface area contributed by atoms with Crippen LogP contribution in [-0.2, 0) is 19.5 Å². The van der Waals surface area contributed by atoms with E-state index in [0.29, 0.717) is 30.4 Å². The van der Waals surface area contributed by atoms with Crippen molar-refractivity contribution in [2.24, 2.45) is 0 Å². The highest BCUT2D eigenvalue weighted by Gasteiger charge is 2.20. The van der Waals surface area contributed by atoms with Crippen molar-refractivity contribution in [1.29, 1.82) is 0 Å². The molecule has 1 aliphatic rings. The van der Waals surface area contributed by atoms with Gasteiger partial charge in [0.05, 0.1) is 18.1 Å². The number of rotatable bonds is 6. The molecule has 144 valence electrons. The summed E-state index contributed by atoms with van der Waals surface area (Å²) >= 11 is 0. The molecule has 0 saturated carbocycles. The van der Waals surface area contributed by atoms with Crippen molar-refractivity contribution in [3.05, 3.63) is 69.6 Å². The van der Waals surface area contributed by atoms with Gasteiger partial charge in [-0.3, -0.25) is 15.0 Å². The Morgan fingerprint density at radius 3 is 2.79 bits per heavy atom. The molecule has 0 N–H and O–H groups in total.